The fraction of sp³-hybridized carbons (Fsp3) is 0.286. The maximum atomic E-state index is 10.8. The van der Waals surface area contributed by atoms with Crippen LogP contribution >= 0.6 is 0 Å². The molecule has 1 aromatic rings. The highest BCUT2D eigenvalue weighted by molar-refractivity contribution is 5.83. The van der Waals surface area contributed by atoms with Crippen molar-refractivity contribution in [1.82, 2.24) is 9.97 Å². The standard InChI is InChI=1S/C7H9N3O3/c1-2-13-7(12)10-5-3-4-8-6(11)9-5/h3-4H,2H2,1H3,(H2,8,9,10,11,12). The molecule has 1 heterocycles. The van der Waals surface area contributed by atoms with E-state index < -0.39 is 11.8 Å². The highest BCUT2D eigenvalue weighted by Crippen LogP contribution is 1.96. The third-order valence-corrected chi connectivity index (χ3v) is 1.19. The number of carbonyl (C=O) groups excluding carboxylic acids is 1. The molecule has 0 spiro atoms. The maximum Gasteiger partial charge on any atom is 0.412 e. The predicted molar refractivity (Wildman–Crippen MR) is 45.5 cm³/mol. The van der Waals surface area contributed by atoms with Gasteiger partial charge in [-0.1, -0.05) is 0 Å². The van der Waals surface area contributed by atoms with Crippen molar-refractivity contribution in [3.63, 3.8) is 0 Å². The molecule has 0 aliphatic carbocycles. The molecule has 0 atom stereocenters. The average Bonchev–Trinajstić information content (AvgIpc) is 2.04. The van der Waals surface area contributed by atoms with Crippen LogP contribution in [0.15, 0.2) is 17.1 Å². The molecule has 0 saturated carbocycles. The molecule has 0 aromatic carbocycles. The molecule has 13 heavy (non-hydrogen) atoms. The van der Waals surface area contributed by atoms with Crippen molar-refractivity contribution in [2.24, 2.45) is 0 Å². The summed E-state index contributed by atoms with van der Waals surface area (Å²) in [5.41, 5.74) is -0.519. The molecule has 0 aliphatic rings. The van der Waals surface area contributed by atoms with Crippen LogP contribution in [-0.4, -0.2) is 22.7 Å². The number of aromatic nitrogens is 2. The number of hydrogen-bond donors (Lipinski definition) is 2. The first-order chi connectivity index (χ1) is 6.22. The third-order valence-electron chi connectivity index (χ3n) is 1.19. The van der Waals surface area contributed by atoms with Gasteiger partial charge in [0.25, 0.3) is 0 Å². The molecule has 1 rings (SSSR count). The highest BCUT2D eigenvalue weighted by atomic mass is 16.5. The first-order valence-corrected chi connectivity index (χ1v) is 3.71. The van der Waals surface area contributed by atoms with E-state index in [0.29, 0.717) is 0 Å². The highest BCUT2D eigenvalue weighted by Gasteiger charge is 2.01. The zero-order chi connectivity index (χ0) is 9.68. The Bertz CT molecular complexity index is 347. The van der Waals surface area contributed by atoms with E-state index in [4.69, 9.17) is 0 Å². The first-order valence-electron chi connectivity index (χ1n) is 3.71. The number of ether oxygens (including phenoxy) is 1. The van der Waals surface area contributed by atoms with Gasteiger partial charge in [-0.3, -0.25) is 10.3 Å². The van der Waals surface area contributed by atoms with Crippen molar-refractivity contribution < 1.29 is 9.53 Å². The first kappa shape index (κ1) is 9.24. The Kier molecular flexibility index (Phi) is 3.02. The number of hydrogen-bond acceptors (Lipinski definition) is 4. The lowest BCUT2D eigenvalue weighted by atomic mass is 10.6. The van der Waals surface area contributed by atoms with Crippen LogP contribution in [0.5, 0.6) is 0 Å². The second-order valence-corrected chi connectivity index (χ2v) is 2.13. The Balaban J connectivity index is 2.64. The van der Waals surface area contributed by atoms with E-state index in [1.165, 1.54) is 12.3 Å². The summed E-state index contributed by atoms with van der Waals surface area (Å²) in [6.45, 7) is 1.97. The monoisotopic (exact) mass is 183 g/mol. The van der Waals surface area contributed by atoms with Gasteiger partial charge in [-0.2, -0.15) is 0 Å². The van der Waals surface area contributed by atoms with Crippen LogP contribution in [0.2, 0.25) is 0 Å². The van der Waals surface area contributed by atoms with Gasteiger partial charge in [0, 0.05) is 6.20 Å². The fourth-order valence-corrected chi connectivity index (χ4v) is 0.719. The molecule has 6 nitrogen and oxygen atoms in total. The minimum atomic E-state index is -0.607. The summed E-state index contributed by atoms with van der Waals surface area (Å²) in [6, 6.07) is 1.46. The van der Waals surface area contributed by atoms with Crippen molar-refractivity contribution in [2.75, 3.05) is 11.9 Å². The average molecular weight is 183 g/mol. The number of nitrogens with one attached hydrogen (secondary N) is 2. The Hall–Kier alpha value is -1.85. The van der Waals surface area contributed by atoms with Crippen LogP contribution in [0.4, 0.5) is 10.6 Å². The number of amides is 1. The lowest BCUT2D eigenvalue weighted by Crippen LogP contribution is -2.18. The topological polar surface area (TPSA) is 84.1 Å². The summed E-state index contributed by atoms with van der Waals surface area (Å²) < 4.78 is 4.59. The maximum absolute atomic E-state index is 10.8. The van der Waals surface area contributed by atoms with E-state index in [0.717, 1.165) is 0 Å². The van der Waals surface area contributed by atoms with Crippen LogP contribution in [0, 0.1) is 0 Å². The molecular weight excluding hydrogens is 174 g/mol. The van der Waals surface area contributed by atoms with Gasteiger partial charge >= 0.3 is 11.8 Å². The van der Waals surface area contributed by atoms with Crippen molar-refractivity contribution in [1.29, 1.82) is 0 Å². The van der Waals surface area contributed by atoms with Gasteiger partial charge in [-0.05, 0) is 13.0 Å². The molecular formula is C7H9N3O3. The van der Waals surface area contributed by atoms with E-state index in [-0.39, 0.29) is 12.4 Å². The molecule has 0 radical (unpaired) electrons. The predicted octanol–water partition coefficient (Wildman–Crippen LogP) is 0.338. The SMILES string of the molecule is CCOC(=O)Nc1ccnc(=O)[nH]1. The van der Waals surface area contributed by atoms with Crippen LogP contribution in [0.25, 0.3) is 0 Å². The van der Waals surface area contributed by atoms with Gasteiger partial charge < -0.3 is 4.74 Å². The van der Waals surface area contributed by atoms with Gasteiger partial charge in [0.15, 0.2) is 0 Å². The normalized spacial score (nSPS) is 9.31. The number of rotatable bonds is 2. The van der Waals surface area contributed by atoms with Crippen LogP contribution in [0.1, 0.15) is 6.92 Å². The molecule has 2 N–H and O–H groups in total. The molecule has 0 bridgehead atoms. The van der Waals surface area contributed by atoms with Crippen molar-refractivity contribution in [3.8, 4) is 0 Å². The summed E-state index contributed by atoms with van der Waals surface area (Å²) >= 11 is 0. The summed E-state index contributed by atoms with van der Waals surface area (Å²) in [4.78, 5) is 27.2. The van der Waals surface area contributed by atoms with Gasteiger partial charge in [0.05, 0.1) is 6.61 Å². The zero-order valence-corrected chi connectivity index (χ0v) is 7.03. The molecule has 70 valence electrons. The van der Waals surface area contributed by atoms with Gasteiger partial charge in [0.1, 0.15) is 5.82 Å². The van der Waals surface area contributed by atoms with Crippen molar-refractivity contribution >= 4 is 11.9 Å². The zero-order valence-electron chi connectivity index (χ0n) is 7.03. The number of carbonyl (C=O) groups is 1. The number of aromatic amines is 1. The number of H-pyrrole nitrogens is 1. The summed E-state index contributed by atoms with van der Waals surface area (Å²) in [6.07, 6.45) is 0.685. The summed E-state index contributed by atoms with van der Waals surface area (Å²) in [5, 5.41) is 2.33. The van der Waals surface area contributed by atoms with E-state index in [2.05, 4.69) is 20.0 Å². The Labute approximate surface area is 74.0 Å². The third kappa shape index (κ3) is 2.94. The van der Waals surface area contributed by atoms with Crippen molar-refractivity contribution in [2.45, 2.75) is 6.92 Å². The quantitative estimate of drug-likeness (QED) is 0.692. The van der Waals surface area contributed by atoms with E-state index >= 15 is 0 Å². The molecule has 0 aliphatic heterocycles. The number of anilines is 1. The number of nitrogens with zero attached hydrogens (tertiary/aromatic N) is 1. The Morgan fingerprint density at radius 3 is 3.15 bits per heavy atom. The fourth-order valence-electron chi connectivity index (χ4n) is 0.719. The van der Waals surface area contributed by atoms with Crippen LogP contribution < -0.4 is 11.0 Å². The van der Waals surface area contributed by atoms with Crippen LogP contribution in [-0.2, 0) is 4.74 Å². The summed E-state index contributed by atoms with van der Waals surface area (Å²) in [5.74, 6) is 0.262. The van der Waals surface area contributed by atoms with Gasteiger partial charge in [0.2, 0.25) is 0 Å². The molecule has 1 aromatic heterocycles. The Morgan fingerprint density at radius 1 is 1.77 bits per heavy atom. The smallest absolute Gasteiger partial charge is 0.412 e. The van der Waals surface area contributed by atoms with E-state index in [1.54, 1.807) is 6.92 Å². The molecule has 6 heteroatoms. The summed E-state index contributed by atoms with van der Waals surface area (Å²) in [7, 11) is 0. The second-order valence-electron chi connectivity index (χ2n) is 2.13. The lowest BCUT2D eigenvalue weighted by molar-refractivity contribution is 0.168. The van der Waals surface area contributed by atoms with Gasteiger partial charge in [-0.15, -0.1) is 0 Å². The minimum Gasteiger partial charge on any atom is -0.450 e. The van der Waals surface area contributed by atoms with E-state index in [9.17, 15) is 9.59 Å². The van der Waals surface area contributed by atoms with Gasteiger partial charge in [-0.25, -0.2) is 14.6 Å². The molecule has 0 fully saturated rings. The Morgan fingerprint density at radius 2 is 2.54 bits per heavy atom. The van der Waals surface area contributed by atoms with Crippen LogP contribution in [0.3, 0.4) is 0 Å². The molecule has 1 amide bonds. The molecule has 0 saturated heterocycles. The van der Waals surface area contributed by atoms with Crippen molar-refractivity contribution in [3.05, 3.63) is 22.7 Å². The second kappa shape index (κ2) is 4.24. The van der Waals surface area contributed by atoms with E-state index in [1.807, 2.05) is 0 Å². The largest absolute Gasteiger partial charge is 0.450 e. The lowest BCUT2D eigenvalue weighted by Gasteiger charge is -2.02. The molecule has 0 unspecified atom stereocenters. The minimum absolute atomic E-state index is 0.262.